The van der Waals surface area contributed by atoms with Gasteiger partial charge < -0.3 is 5.32 Å². The topological polar surface area (TPSA) is 49.4 Å². The highest BCUT2D eigenvalue weighted by molar-refractivity contribution is 7.89. The lowest BCUT2D eigenvalue weighted by molar-refractivity contribution is 0.126. The van der Waals surface area contributed by atoms with Crippen LogP contribution >= 0.6 is 0 Å². The molecule has 4 nitrogen and oxygen atoms in total. The van der Waals surface area contributed by atoms with Crippen LogP contribution in [0.3, 0.4) is 0 Å². The van der Waals surface area contributed by atoms with Crippen molar-refractivity contribution in [1.82, 2.24) is 9.62 Å². The fourth-order valence-corrected chi connectivity index (χ4v) is 2.27. The third kappa shape index (κ3) is 7.08. The molecule has 98 valence electrons. The second kappa shape index (κ2) is 7.13. The van der Waals surface area contributed by atoms with Crippen molar-refractivity contribution in [3.63, 3.8) is 0 Å². The highest BCUT2D eigenvalue weighted by Crippen LogP contribution is 2.04. The lowest BCUT2D eigenvalue weighted by atomic mass is 10.4. The number of hydrogen-bond donors (Lipinski definition) is 1. The van der Waals surface area contributed by atoms with Gasteiger partial charge in [0.1, 0.15) is 0 Å². The summed E-state index contributed by atoms with van der Waals surface area (Å²) in [6, 6.07) is 0.293. The summed E-state index contributed by atoms with van der Waals surface area (Å²) in [5, 5.41) is 3.07. The molecule has 1 N–H and O–H groups in total. The van der Waals surface area contributed by atoms with Gasteiger partial charge in [-0.1, -0.05) is 13.8 Å². The van der Waals surface area contributed by atoms with Gasteiger partial charge in [0.25, 0.3) is 6.43 Å². The molecule has 0 atom stereocenters. The molecule has 16 heavy (non-hydrogen) atoms. The van der Waals surface area contributed by atoms with Gasteiger partial charge in [0, 0.05) is 13.1 Å². The molecule has 0 saturated heterocycles. The fourth-order valence-electron chi connectivity index (χ4n) is 1.11. The third-order valence-corrected chi connectivity index (χ3v) is 3.91. The van der Waals surface area contributed by atoms with E-state index in [2.05, 4.69) is 5.32 Å². The molecule has 0 aromatic carbocycles. The minimum Gasteiger partial charge on any atom is -0.314 e. The summed E-state index contributed by atoms with van der Waals surface area (Å²) in [5.41, 5.74) is 0. The summed E-state index contributed by atoms with van der Waals surface area (Å²) in [6.07, 6.45) is -2.21. The van der Waals surface area contributed by atoms with Crippen molar-refractivity contribution in [2.24, 2.45) is 0 Å². The Hall–Kier alpha value is -0.270. The largest absolute Gasteiger partial charge is 0.314 e. The van der Waals surface area contributed by atoms with E-state index in [1.165, 1.54) is 7.05 Å². The van der Waals surface area contributed by atoms with Crippen LogP contribution in [0, 0.1) is 0 Å². The second-order valence-corrected chi connectivity index (χ2v) is 6.15. The van der Waals surface area contributed by atoms with E-state index in [0.717, 1.165) is 0 Å². The molecule has 0 aliphatic rings. The molecule has 0 bridgehead atoms. The normalized spacial score (nSPS) is 13.0. The van der Waals surface area contributed by atoms with Gasteiger partial charge >= 0.3 is 0 Å². The Balaban J connectivity index is 3.95. The van der Waals surface area contributed by atoms with E-state index in [1.54, 1.807) is 0 Å². The fraction of sp³-hybridized carbons (Fsp3) is 1.00. The summed E-state index contributed by atoms with van der Waals surface area (Å²) in [4.78, 5) is 0. The molecule has 0 aromatic rings. The first-order valence-electron chi connectivity index (χ1n) is 5.21. The minimum atomic E-state index is -3.54. The van der Waals surface area contributed by atoms with Gasteiger partial charge in [-0.25, -0.2) is 17.2 Å². The average Bonchev–Trinajstić information content (AvgIpc) is 2.11. The summed E-state index contributed by atoms with van der Waals surface area (Å²) in [7, 11) is -2.36. The molecule has 0 spiro atoms. The molecule has 0 radical (unpaired) electrons. The third-order valence-electron chi connectivity index (χ3n) is 2.00. The van der Waals surface area contributed by atoms with Gasteiger partial charge in [-0.15, -0.1) is 0 Å². The number of nitrogens with one attached hydrogen (secondary N) is 1. The van der Waals surface area contributed by atoms with Crippen molar-refractivity contribution in [1.29, 1.82) is 0 Å². The zero-order valence-electron chi connectivity index (χ0n) is 9.91. The van der Waals surface area contributed by atoms with Gasteiger partial charge in [0.15, 0.2) is 0 Å². The lowest BCUT2D eigenvalue weighted by Crippen LogP contribution is -2.34. The standard InChI is InChI=1S/C9H20F2N2O2S/c1-8(2)12-5-4-6-16(14,15)13(3)7-9(10)11/h8-9,12H,4-7H2,1-3H3. The number of rotatable bonds is 8. The molecule has 0 amide bonds. The number of halogens is 2. The van der Waals surface area contributed by atoms with Crippen LogP contribution in [0.4, 0.5) is 8.78 Å². The van der Waals surface area contributed by atoms with E-state index in [1.807, 2.05) is 13.8 Å². The Morgan fingerprint density at radius 3 is 2.31 bits per heavy atom. The molecule has 7 heteroatoms. The van der Waals surface area contributed by atoms with Crippen LogP contribution in [-0.4, -0.2) is 51.1 Å². The molecule has 0 saturated carbocycles. The van der Waals surface area contributed by atoms with Crippen LogP contribution in [0.15, 0.2) is 0 Å². The highest BCUT2D eigenvalue weighted by Gasteiger charge is 2.20. The Kier molecular flexibility index (Phi) is 7.01. The average molecular weight is 258 g/mol. The first-order chi connectivity index (χ1) is 7.25. The van der Waals surface area contributed by atoms with Crippen molar-refractivity contribution < 1.29 is 17.2 Å². The van der Waals surface area contributed by atoms with Crippen LogP contribution < -0.4 is 5.32 Å². The molecule has 0 aromatic heterocycles. The maximum atomic E-state index is 12.0. The minimum absolute atomic E-state index is 0.101. The zero-order chi connectivity index (χ0) is 12.8. The predicted molar refractivity (Wildman–Crippen MR) is 60.2 cm³/mol. The van der Waals surface area contributed by atoms with Gasteiger partial charge in [-0.3, -0.25) is 0 Å². The van der Waals surface area contributed by atoms with E-state index in [0.29, 0.717) is 23.3 Å². The van der Waals surface area contributed by atoms with E-state index in [9.17, 15) is 17.2 Å². The number of hydrogen-bond acceptors (Lipinski definition) is 3. The zero-order valence-corrected chi connectivity index (χ0v) is 10.7. The van der Waals surface area contributed by atoms with Crippen LogP contribution in [0.2, 0.25) is 0 Å². The first kappa shape index (κ1) is 15.7. The second-order valence-electron chi connectivity index (χ2n) is 3.95. The predicted octanol–water partition coefficient (Wildman–Crippen LogP) is 0.901. The van der Waals surface area contributed by atoms with Gasteiger partial charge in [-0.05, 0) is 13.0 Å². The van der Waals surface area contributed by atoms with Gasteiger partial charge in [0.2, 0.25) is 10.0 Å². The maximum Gasteiger partial charge on any atom is 0.252 e. The van der Waals surface area contributed by atoms with E-state index >= 15 is 0 Å². The number of sulfonamides is 1. The first-order valence-corrected chi connectivity index (χ1v) is 6.82. The highest BCUT2D eigenvalue weighted by atomic mass is 32.2. The summed E-state index contributed by atoms with van der Waals surface area (Å²) in [5.74, 6) is -0.101. The summed E-state index contributed by atoms with van der Waals surface area (Å²) in [6.45, 7) is 3.74. The SMILES string of the molecule is CC(C)NCCCS(=O)(=O)N(C)CC(F)F. The van der Waals surface area contributed by atoms with Gasteiger partial charge in [-0.2, -0.15) is 4.31 Å². The van der Waals surface area contributed by atoms with Crippen LogP contribution in [0.1, 0.15) is 20.3 Å². The van der Waals surface area contributed by atoms with Gasteiger partial charge in [0.05, 0.1) is 12.3 Å². The summed E-state index contributed by atoms with van der Waals surface area (Å²) < 4.78 is 47.6. The quantitative estimate of drug-likeness (QED) is 0.658. The van der Waals surface area contributed by atoms with Crippen molar-refractivity contribution in [3.8, 4) is 0 Å². The van der Waals surface area contributed by atoms with Crippen LogP contribution in [0.25, 0.3) is 0 Å². The van der Waals surface area contributed by atoms with E-state index in [-0.39, 0.29) is 5.75 Å². The van der Waals surface area contributed by atoms with E-state index in [4.69, 9.17) is 0 Å². The molecule has 0 fully saturated rings. The van der Waals surface area contributed by atoms with Crippen LogP contribution in [-0.2, 0) is 10.0 Å². The Morgan fingerprint density at radius 1 is 1.31 bits per heavy atom. The van der Waals surface area contributed by atoms with Crippen molar-refractivity contribution >= 4 is 10.0 Å². The van der Waals surface area contributed by atoms with Crippen molar-refractivity contribution in [2.45, 2.75) is 32.7 Å². The smallest absolute Gasteiger partial charge is 0.252 e. The molecule has 0 heterocycles. The molecular weight excluding hydrogens is 238 g/mol. The Bertz CT molecular complexity index is 281. The number of nitrogens with zero attached hydrogens (tertiary/aromatic N) is 1. The lowest BCUT2D eigenvalue weighted by Gasteiger charge is -2.16. The van der Waals surface area contributed by atoms with Crippen LogP contribution in [0.5, 0.6) is 0 Å². The van der Waals surface area contributed by atoms with Crippen molar-refractivity contribution in [3.05, 3.63) is 0 Å². The molecule has 0 aliphatic heterocycles. The van der Waals surface area contributed by atoms with Crippen molar-refractivity contribution in [2.75, 3.05) is 25.9 Å². The summed E-state index contributed by atoms with van der Waals surface area (Å²) >= 11 is 0. The maximum absolute atomic E-state index is 12.0. The molecule has 0 rings (SSSR count). The molecule has 0 unspecified atom stereocenters. The Labute approximate surface area is 96.1 Å². The number of alkyl halides is 2. The molecule has 0 aliphatic carbocycles. The van der Waals surface area contributed by atoms with E-state index < -0.39 is 23.0 Å². The monoisotopic (exact) mass is 258 g/mol. The Morgan fingerprint density at radius 2 is 1.88 bits per heavy atom. The molecular formula is C9H20F2N2O2S.